The highest BCUT2D eigenvalue weighted by Crippen LogP contribution is 2.28. The van der Waals surface area contributed by atoms with E-state index < -0.39 is 15.9 Å². The zero-order valence-corrected chi connectivity index (χ0v) is 18.3. The Bertz CT molecular complexity index is 1120. The Kier molecular flexibility index (Phi) is 6.80. The van der Waals surface area contributed by atoms with Gasteiger partial charge in [0, 0.05) is 5.02 Å². The van der Waals surface area contributed by atoms with E-state index in [1.165, 1.54) is 12.1 Å². The second kappa shape index (κ2) is 9.32. The Hall–Kier alpha value is -2.83. The second-order valence-corrected chi connectivity index (χ2v) is 9.23. The van der Waals surface area contributed by atoms with E-state index in [-0.39, 0.29) is 17.5 Å². The molecule has 1 amide bonds. The summed E-state index contributed by atoms with van der Waals surface area (Å²) in [5.41, 5.74) is 2.08. The molecule has 156 valence electrons. The first-order chi connectivity index (χ1) is 14.3. The van der Waals surface area contributed by atoms with E-state index in [1.54, 1.807) is 36.4 Å². The first-order valence-corrected chi connectivity index (χ1v) is 11.3. The molecule has 5 nitrogen and oxygen atoms in total. The maximum absolute atomic E-state index is 13.3. The third-order valence-corrected chi connectivity index (χ3v) is 6.93. The van der Waals surface area contributed by atoms with Crippen molar-refractivity contribution >= 4 is 33.2 Å². The summed E-state index contributed by atoms with van der Waals surface area (Å²) in [6, 6.07) is 22.2. The summed E-state index contributed by atoms with van der Waals surface area (Å²) < 4.78 is 27.7. The minimum absolute atomic E-state index is 0.102. The maximum atomic E-state index is 13.3. The maximum Gasteiger partial charge on any atom is 0.264 e. The van der Waals surface area contributed by atoms with Gasteiger partial charge >= 0.3 is 0 Å². The Labute approximate surface area is 182 Å². The number of rotatable bonds is 7. The average Bonchev–Trinajstić information content (AvgIpc) is 2.75. The van der Waals surface area contributed by atoms with Crippen LogP contribution in [0.1, 0.15) is 24.1 Å². The highest BCUT2D eigenvalue weighted by Gasteiger charge is 2.28. The van der Waals surface area contributed by atoms with Crippen molar-refractivity contribution in [3.8, 4) is 0 Å². The zero-order chi connectivity index (χ0) is 21.7. The number of sulfonamides is 1. The quantitative estimate of drug-likeness (QED) is 0.575. The molecule has 0 unspecified atom stereocenters. The second-order valence-electron chi connectivity index (χ2n) is 6.96. The molecule has 0 aromatic heterocycles. The molecular formula is C23H23ClN2O3S. The monoisotopic (exact) mass is 442 g/mol. The van der Waals surface area contributed by atoms with Crippen LogP contribution in [0.2, 0.25) is 5.02 Å². The lowest BCUT2D eigenvalue weighted by Gasteiger charge is -2.25. The third kappa shape index (κ3) is 5.01. The first-order valence-electron chi connectivity index (χ1n) is 9.47. The molecule has 0 aliphatic carbocycles. The number of carbonyl (C=O) groups excluding carboxylic acids is 1. The molecule has 0 aliphatic rings. The van der Waals surface area contributed by atoms with Crippen LogP contribution in [0.3, 0.4) is 0 Å². The standard InChI is InChI=1S/C23H23ClN2O3S/c1-17-13-14-20(15-22(17)24)26(30(28,29)21-11-7-4-8-12-21)16-23(27)25-18(2)19-9-5-3-6-10-19/h3-15,18H,16H2,1-2H3,(H,25,27)/t18-/m0/s1. The van der Waals surface area contributed by atoms with Gasteiger partial charge in [-0.1, -0.05) is 66.2 Å². The molecule has 0 spiro atoms. The number of carbonyl (C=O) groups is 1. The zero-order valence-electron chi connectivity index (χ0n) is 16.7. The van der Waals surface area contributed by atoms with Crippen molar-refractivity contribution in [2.75, 3.05) is 10.8 Å². The smallest absolute Gasteiger partial charge is 0.264 e. The average molecular weight is 443 g/mol. The number of anilines is 1. The summed E-state index contributed by atoms with van der Waals surface area (Å²) in [6.07, 6.45) is 0. The third-order valence-electron chi connectivity index (χ3n) is 4.74. The summed E-state index contributed by atoms with van der Waals surface area (Å²) in [5, 5.41) is 3.30. The molecule has 0 saturated heterocycles. The van der Waals surface area contributed by atoms with Crippen molar-refractivity contribution in [1.82, 2.24) is 5.32 Å². The number of aryl methyl sites for hydroxylation is 1. The molecule has 3 aromatic carbocycles. The van der Waals surface area contributed by atoms with Crippen LogP contribution in [0.15, 0.2) is 83.8 Å². The van der Waals surface area contributed by atoms with E-state index in [1.807, 2.05) is 44.2 Å². The largest absolute Gasteiger partial charge is 0.348 e. The van der Waals surface area contributed by atoms with Crippen LogP contribution in [-0.4, -0.2) is 20.9 Å². The van der Waals surface area contributed by atoms with Gasteiger partial charge in [-0.25, -0.2) is 8.42 Å². The number of hydrogen-bond acceptors (Lipinski definition) is 3. The van der Waals surface area contributed by atoms with Crippen LogP contribution in [0.5, 0.6) is 0 Å². The molecule has 0 bridgehead atoms. The van der Waals surface area contributed by atoms with Crippen molar-refractivity contribution < 1.29 is 13.2 Å². The predicted octanol–water partition coefficient (Wildman–Crippen LogP) is 4.72. The van der Waals surface area contributed by atoms with Crippen LogP contribution in [0, 0.1) is 6.92 Å². The highest BCUT2D eigenvalue weighted by molar-refractivity contribution is 7.92. The summed E-state index contributed by atoms with van der Waals surface area (Å²) in [7, 11) is -3.97. The summed E-state index contributed by atoms with van der Waals surface area (Å²) in [4.78, 5) is 12.9. The molecule has 3 aromatic rings. The Morgan fingerprint density at radius 1 is 1.00 bits per heavy atom. The van der Waals surface area contributed by atoms with Crippen molar-refractivity contribution in [1.29, 1.82) is 0 Å². The fraction of sp³-hybridized carbons (Fsp3) is 0.174. The van der Waals surface area contributed by atoms with Gasteiger partial charge in [0.05, 0.1) is 16.6 Å². The minimum atomic E-state index is -3.97. The van der Waals surface area contributed by atoms with Crippen molar-refractivity contribution in [3.05, 3.63) is 95.0 Å². The Morgan fingerprint density at radius 3 is 2.20 bits per heavy atom. The minimum Gasteiger partial charge on any atom is -0.348 e. The van der Waals surface area contributed by atoms with Crippen LogP contribution in [0.4, 0.5) is 5.69 Å². The number of hydrogen-bond donors (Lipinski definition) is 1. The molecule has 1 atom stereocenters. The molecule has 0 fully saturated rings. The normalized spacial score (nSPS) is 12.2. The predicted molar refractivity (Wildman–Crippen MR) is 120 cm³/mol. The van der Waals surface area contributed by atoms with Crippen LogP contribution in [-0.2, 0) is 14.8 Å². The van der Waals surface area contributed by atoms with Crippen molar-refractivity contribution in [2.45, 2.75) is 24.8 Å². The van der Waals surface area contributed by atoms with Gasteiger partial charge in [0.1, 0.15) is 6.54 Å². The topological polar surface area (TPSA) is 66.5 Å². The molecular weight excluding hydrogens is 420 g/mol. The van der Waals surface area contributed by atoms with Gasteiger partial charge in [-0.2, -0.15) is 0 Å². The number of halogens is 1. The van der Waals surface area contributed by atoms with Gasteiger partial charge in [-0.05, 0) is 49.2 Å². The molecule has 3 rings (SSSR count). The van der Waals surface area contributed by atoms with Crippen LogP contribution >= 0.6 is 11.6 Å². The lowest BCUT2D eigenvalue weighted by atomic mass is 10.1. The van der Waals surface area contributed by atoms with E-state index >= 15 is 0 Å². The van der Waals surface area contributed by atoms with Gasteiger partial charge in [0.2, 0.25) is 5.91 Å². The molecule has 0 aliphatic heterocycles. The Morgan fingerprint density at radius 2 is 1.60 bits per heavy atom. The number of benzene rings is 3. The van der Waals surface area contributed by atoms with Gasteiger partial charge in [-0.3, -0.25) is 9.10 Å². The number of nitrogens with one attached hydrogen (secondary N) is 1. The van der Waals surface area contributed by atoms with Crippen LogP contribution in [0.25, 0.3) is 0 Å². The first kappa shape index (κ1) is 21.9. The fourth-order valence-electron chi connectivity index (χ4n) is 3.01. The summed E-state index contributed by atoms with van der Waals surface area (Å²) >= 11 is 6.23. The number of nitrogens with zero attached hydrogens (tertiary/aromatic N) is 1. The molecule has 0 heterocycles. The Balaban J connectivity index is 1.91. The molecule has 7 heteroatoms. The van der Waals surface area contributed by atoms with E-state index in [0.29, 0.717) is 10.7 Å². The van der Waals surface area contributed by atoms with Gasteiger partial charge in [0.15, 0.2) is 0 Å². The SMILES string of the molecule is Cc1ccc(N(CC(=O)N[C@@H](C)c2ccccc2)S(=O)(=O)c2ccccc2)cc1Cl. The lowest BCUT2D eigenvalue weighted by Crippen LogP contribution is -2.41. The number of amides is 1. The molecule has 30 heavy (non-hydrogen) atoms. The van der Waals surface area contributed by atoms with Gasteiger partial charge < -0.3 is 5.32 Å². The molecule has 0 radical (unpaired) electrons. The van der Waals surface area contributed by atoms with Crippen LogP contribution < -0.4 is 9.62 Å². The summed E-state index contributed by atoms with van der Waals surface area (Å²) in [6.45, 7) is 3.32. The lowest BCUT2D eigenvalue weighted by molar-refractivity contribution is -0.120. The van der Waals surface area contributed by atoms with E-state index in [9.17, 15) is 13.2 Å². The highest BCUT2D eigenvalue weighted by atomic mass is 35.5. The van der Waals surface area contributed by atoms with Gasteiger partial charge in [-0.15, -0.1) is 0 Å². The molecule has 1 N–H and O–H groups in total. The van der Waals surface area contributed by atoms with E-state index in [0.717, 1.165) is 15.4 Å². The van der Waals surface area contributed by atoms with E-state index in [4.69, 9.17) is 11.6 Å². The van der Waals surface area contributed by atoms with Gasteiger partial charge in [0.25, 0.3) is 10.0 Å². The fourth-order valence-corrected chi connectivity index (χ4v) is 4.62. The molecule has 0 saturated carbocycles. The van der Waals surface area contributed by atoms with Crippen molar-refractivity contribution in [3.63, 3.8) is 0 Å². The summed E-state index contributed by atoms with van der Waals surface area (Å²) in [5.74, 6) is -0.414. The van der Waals surface area contributed by atoms with E-state index in [2.05, 4.69) is 5.32 Å². The van der Waals surface area contributed by atoms with Crippen molar-refractivity contribution in [2.24, 2.45) is 0 Å².